The first kappa shape index (κ1) is 10.7. The summed E-state index contributed by atoms with van der Waals surface area (Å²) >= 11 is 1.19. The smallest absolute Gasteiger partial charge is 0.193 e. The second-order valence-electron chi connectivity index (χ2n) is 4.20. The number of ether oxygens (including phenoxy) is 1. The van der Waals surface area contributed by atoms with Gasteiger partial charge in [0.2, 0.25) is 0 Å². The summed E-state index contributed by atoms with van der Waals surface area (Å²) in [6.07, 6.45) is 0.171. The van der Waals surface area contributed by atoms with Crippen LogP contribution in [0.3, 0.4) is 0 Å². The minimum Gasteiger partial charge on any atom is -0.507 e. The second kappa shape index (κ2) is 3.50. The zero-order chi connectivity index (χ0) is 12.2. The summed E-state index contributed by atoms with van der Waals surface area (Å²) in [5.74, 6) is 0.368. The molecule has 0 amide bonds. The van der Waals surface area contributed by atoms with Crippen LogP contribution in [-0.4, -0.2) is 22.1 Å². The summed E-state index contributed by atoms with van der Waals surface area (Å²) in [4.78, 5) is 23.0. The van der Waals surface area contributed by atoms with Gasteiger partial charge < -0.3 is 9.84 Å². The maximum absolute atomic E-state index is 11.6. The van der Waals surface area contributed by atoms with Gasteiger partial charge >= 0.3 is 0 Å². The minimum atomic E-state index is -0.205. The Kier molecular flexibility index (Phi) is 2.19. The number of hydrogen-bond acceptors (Lipinski definition) is 5. The van der Waals surface area contributed by atoms with Gasteiger partial charge in [-0.3, -0.25) is 9.59 Å². The zero-order valence-electron chi connectivity index (χ0n) is 9.10. The number of fused-ring (bicyclic) bond motifs is 3. The Labute approximate surface area is 102 Å². The van der Waals surface area contributed by atoms with Gasteiger partial charge in [-0.15, -0.1) is 0 Å². The lowest BCUT2D eigenvalue weighted by molar-refractivity contribution is -0.111. The van der Waals surface area contributed by atoms with E-state index in [0.717, 1.165) is 0 Å². The van der Waals surface area contributed by atoms with Crippen LogP contribution in [0, 0.1) is 0 Å². The average molecular weight is 250 g/mol. The van der Waals surface area contributed by atoms with Crippen LogP contribution >= 0.6 is 11.8 Å². The van der Waals surface area contributed by atoms with Crippen molar-refractivity contribution in [3.05, 3.63) is 23.3 Å². The molecule has 0 aliphatic carbocycles. The van der Waals surface area contributed by atoms with Gasteiger partial charge in [-0.2, -0.15) is 0 Å². The summed E-state index contributed by atoms with van der Waals surface area (Å²) in [6.45, 7) is 1.41. The lowest BCUT2D eigenvalue weighted by atomic mass is 9.98. The van der Waals surface area contributed by atoms with Crippen LogP contribution in [0.1, 0.15) is 34.5 Å². The fourth-order valence-electron chi connectivity index (χ4n) is 2.39. The van der Waals surface area contributed by atoms with E-state index in [9.17, 15) is 14.7 Å². The number of carbonyl (C=O) groups excluding carboxylic acids is 2. The molecule has 1 aromatic rings. The molecule has 0 aromatic heterocycles. The van der Waals surface area contributed by atoms with Gasteiger partial charge in [0.15, 0.2) is 10.9 Å². The van der Waals surface area contributed by atoms with Crippen LogP contribution in [0.5, 0.6) is 11.5 Å². The highest BCUT2D eigenvalue weighted by atomic mass is 32.2. The van der Waals surface area contributed by atoms with Crippen molar-refractivity contribution in [2.75, 3.05) is 0 Å². The van der Waals surface area contributed by atoms with E-state index in [4.69, 9.17) is 4.74 Å². The number of aromatic hydroxyl groups is 1. The molecule has 0 unspecified atom stereocenters. The SMILES string of the molecule is CC(=O)c1c(O)ccc2c1[C@@H]1SC(=O)C[C@@H]1O2. The van der Waals surface area contributed by atoms with Crippen LogP contribution in [0.25, 0.3) is 0 Å². The van der Waals surface area contributed by atoms with Crippen molar-refractivity contribution in [2.45, 2.75) is 24.7 Å². The Morgan fingerprint density at radius 1 is 1.53 bits per heavy atom. The maximum atomic E-state index is 11.6. The summed E-state index contributed by atoms with van der Waals surface area (Å²) in [5.41, 5.74) is 0.968. The van der Waals surface area contributed by atoms with E-state index in [2.05, 4.69) is 0 Å². The predicted molar refractivity (Wildman–Crippen MR) is 62.5 cm³/mol. The van der Waals surface area contributed by atoms with Crippen LogP contribution in [-0.2, 0) is 4.79 Å². The molecule has 1 aromatic carbocycles. The first-order valence-corrected chi connectivity index (χ1v) is 6.19. The number of Topliss-reactive ketones (excluding diaryl/α,β-unsaturated/α-hetero) is 1. The van der Waals surface area contributed by atoms with Crippen molar-refractivity contribution in [3.8, 4) is 11.5 Å². The third-order valence-electron chi connectivity index (χ3n) is 3.06. The van der Waals surface area contributed by atoms with Gasteiger partial charge in [0.25, 0.3) is 0 Å². The molecule has 2 aliphatic rings. The summed E-state index contributed by atoms with van der Waals surface area (Å²) in [7, 11) is 0. The van der Waals surface area contributed by atoms with E-state index in [1.54, 1.807) is 6.07 Å². The van der Waals surface area contributed by atoms with E-state index < -0.39 is 0 Å². The van der Waals surface area contributed by atoms with Crippen molar-refractivity contribution in [1.29, 1.82) is 0 Å². The highest BCUT2D eigenvalue weighted by Crippen LogP contribution is 2.53. The van der Waals surface area contributed by atoms with Crippen LogP contribution in [0.2, 0.25) is 0 Å². The fourth-order valence-corrected chi connectivity index (χ4v) is 3.59. The van der Waals surface area contributed by atoms with Gasteiger partial charge in [0.05, 0.1) is 17.2 Å². The summed E-state index contributed by atoms with van der Waals surface area (Å²) in [5, 5.41) is 9.68. The highest BCUT2D eigenvalue weighted by molar-refractivity contribution is 8.14. The molecule has 5 heteroatoms. The summed E-state index contributed by atoms with van der Waals surface area (Å²) < 4.78 is 5.64. The number of phenolic OH excluding ortho intramolecular Hbond substituents is 1. The Balaban J connectivity index is 2.18. The Hall–Kier alpha value is -1.49. The average Bonchev–Trinajstić information content (AvgIpc) is 2.74. The van der Waals surface area contributed by atoms with E-state index >= 15 is 0 Å². The van der Waals surface area contributed by atoms with E-state index in [0.29, 0.717) is 17.7 Å². The molecule has 4 nitrogen and oxygen atoms in total. The Bertz CT molecular complexity index is 538. The molecular weight excluding hydrogens is 240 g/mol. The molecule has 1 saturated heterocycles. The van der Waals surface area contributed by atoms with Gasteiger partial charge in [-0.05, 0) is 19.1 Å². The molecule has 0 saturated carbocycles. The Morgan fingerprint density at radius 2 is 2.29 bits per heavy atom. The van der Waals surface area contributed by atoms with Crippen LogP contribution < -0.4 is 4.74 Å². The third kappa shape index (κ3) is 1.45. The second-order valence-corrected chi connectivity index (χ2v) is 5.40. The van der Waals surface area contributed by atoms with Crippen molar-refractivity contribution in [2.24, 2.45) is 0 Å². The fraction of sp³-hybridized carbons (Fsp3) is 0.333. The van der Waals surface area contributed by atoms with Crippen LogP contribution in [0.15, 0.2) is 12.1 Å². The number of thioether (sulfide) groups is 1. The van der Waals surface area contributed by atoms with Crippen LogP contribution in [0.4, 0.5) is 0 Å². The number of carbonyl (C=O) groups is 2. The molecule has 1 N–H and O–H groups in total. The molecule has 0 spiro atoms. The monoisotopic (exact) mass is 250 g/mol. The third-order valence-corrected chi connectivity index (χ3v) is 4.29. The molecule has 2 aliphatic heterocycles. The number of phenols is 1. The van der Waals surface area contributed by atoms with E-state index in [1.165, 1.54) is 24.8 Å². The standard InChI is InChI=1S/C12H10O4S/c1-5(13)10-6(14)2-3-7-11(10)12-8(16-7)4-9(15)17-12/h2-3,8,12,14H,4H2,1H3/t8-,12+/m0/s1. The van der Waals surface area contributed by atoms with Crippen molar-refractivity contribution < 1.29 is 19.4 Å². The van der Waals surface area contributed by atoms with Gasteiger partial charge in [-0.25, -0.2) is 0 Å². The highest BCUT2D eigenvalue weighted by Gasteiger charge is 2.45. The van der Waals surface area contributed by atoms with Crippen molar-refractivity contribution in [1.82, 2.24) is 0 Å². The molecule has 3 rings (SSSR count). The molecule has 1 fully saturated rings. The number of hydrogen-bond donors (Lipinski definition) is 1. The molecule has 2 heterocycles. The number of benzene rings is 1. The molecular formula is C12H10O4S. The topological polar surface area (TPSA) is 63.6 Å². The first-order chi connectivity index (χ1) is 8.08. The quantitative estimate of drug-likeness (QED) is 0.773. The van der Waals surface area contributed by atoms with Gasteiger partial charge in [0, 0.05) is 5.56 Å². The predicted octanol–water partition coefficient (Wildman–Crippen LogP) is 2.06. The largest absolute Gasteiger partial charge is 0.507 e. The normalized spacial score (nSPS) is 25.4. The number of rotatable bonds is 1. The lowest BCUT2D eigenvalue weighted by Gasteiger charge is -2.09. The van der Waals surface area contributed by atoms with Crippen molar-refractivity contribution >= 4 is 22.7 Å². The zero-order valence-corrected chi connectivity index (χ0v) is 9.91. The maximum Gasteiger partial charge on any atom is 0.193 e. The van der Waals surface area contributed by atoms with E-state index in [-0.39, 0.29) is 33.6 Å². The van der Waals surface area contributed by atoms with Crippen molar-refractivity contribution in [3.63, 3.8) is 0 Å². The summed E-state index contributed by atoms with van der Waals surface area (Å²) in [6, 6.07) is 3.11. The molecule has 17 heavy (non-hydrogen) atoms. The van der Waals surface area contributed by atoms with Gasteiger partial charge in [0.1, 0.15) is 17.6 Å². The first-order valence-electron chi connectivity index (χ1n) is 5.31. The molecule has 88 valence electrons. The number of ketones is 1. The van der Waals surface area contributed by atoms with E-state index in [1.807, 2.05) is 0 Å². The molecule has 0 radical (unpaired) electrons. The Morgan fingerprint density at radius 3 is 3.00 bits per heavy atom. The van der Waals surface area contributed by atoms with Gasteiger partial charge in [-0.1, -0.05) is 11.8 Å². The lowest BCUT2D eigenvalue weighted by Crippen LogP contribution is -2.11. The molecule has 2 atom stereocenters. The minimum absolute atomic E-state index is 0.0413. The molecule has 0 bridgehead atoms.